The van der Waals surface area contributed by atoms with Gasteiger partial charge in [-0.3, -0.25) is 9.59 Å². The lowest BCUT2D eigenvalue weighted by molar-refractivity contribution is -0.147. The van der Waals surface area contributed by atoms with Crippen molar-refractivity contribution in [2.24, 2.45) is 5.92 Å². The van der Waals surface area contributed by atoms with Crippen LogP contribution in [0.4, 0.5) is 0 Å². The van der Waals surface area contributed by atoms with Gasteiger partial charge < -0.3 is 4.74 Å². The Kier molecular flexibility index (Phi) is 9.68. The van der Waals surface area contributed by atoms with E-state index in [0.29, 0.717) is 12.3 Å². The zero-order chi connectivity index (χ0) is 15.4. The van der Waals surface area contributed by atoms with Crippen molar-refractivity contribution in [1.29, 1.82) is 0 Å². The summed E-state index contributed by atoms with van der Waals surface area (Å²) in [6.07, 6.45) is 9.29. The number of rotatable bonds is 7. The molecule has 0 radical (unpaired) electrons. The molecule has 20 heavy (non-hydrogen) atoms. The van der Waals surface area contributed by atoms with E-state index < -0.39 is 5.97 Å². The molecule has 108 valence electrons. The van der Waals surface area contributed by atoms with Crippen LogP contribution in [0.2, 0.25) is 0 Å². The molecule has 0 aliphatic rings. The number of hydrogen-bond donors (Lipinski definition) is 0. The molecule has 3 heteroatoms. The zero-order valence-corrected chi connectivity index (χ0v) is 12.2. The normalized spacial score (nSPS) is 10.8. The van der Waals surface area contributed by atoms with E-state index in [0.717, 1.165) is 12.0 Å². The van der Waals surface area contributed by atoms with Gasteiger partial charge in [-0.15, -0.1) is 12.8 Å². The van der Waals surface area contributed by atoms with Crippen LogP contribution in [0.3, 0.4) is 0 Å². The maximum absolute atomic E-state index is 11.5. The SMILES string of the molecule is C#C.CCC(C)CC(=O)CC(=O)OCc1ccccc1. The quantitative estimate of drug-likeness (QED) is 0.435. The lowest BCUT2D eigenvalue weighted by Crippen LogP contribution is -2.13. The largest absolute Gasteiger partial charge is 0.460 e. The molecule has 0 N–H and O–H groups in total. The fraction of sp³-hybridized carbons (Fsp3) is 0.412. The lowest BCUT2D eigenvalue weighted by Gasteiger charge is -2.07. The molecule has 1 aromatic rings. The predicted octanol–water partition coefficient (Wildman–Crippen LogP) is 3.37. The lowest BCUT2D eigenvalue weighted by atomic mass is 10.0. The van der Waals surface area contributed by atoms with Gasteiger partial charge in [-0.1, -0.05) is 50.6 Å². The Hall–Kier alpha value is -2.08. The molecular formula is C17H22O3. The second-order valence-corrected chi connectivity index (χ2v) is 4.58. The first-order valence-corrected chi connectivity index (χ1v) is 6.66. The third-order valence-electron chi connectivity index (χ3n) is 2.86. The fourth-order valence-electron chi connectivity index (χ4n) is 1.56. The molecule has 0 aromatic heterocycles. The molecule has 0 saturated heterocycles. The first kappa shape index (κ1) is 17.9. The minimum atomic E-state index is -0.438. The van der Waals surface area contributed by atoms with E-state index in [1.54, 1.807) is 0 Å². The summed E-state index contributed by atoms with van der Waals surface area (Å²) >= 11 is 0. The van der Waals surface area contributed by atoms with Gasteiger partial charge in [-0.2, -0.15) is 0 Å². The summed E-state index contributed by atoms with van der Waals surface area (Å²) in [6.45, 7) is 4.27. The smallest absolute Gasteiger partial charge is 0.313 e. The number of carbonyl (C=O) groups is 2. The third kappa shape index (κ3) is 8.10. The fourth-order valence-corrected chi connectivity index (χ4v) is 1.56. The van der Waals surface area contributed by atoms with Gasteiger partial charge in [0.1, 0.15) is 18.8 Å². The molecule has 0 aliphatic carbocycles. The van der Waals surface area contributed by atoms with Crippen LogP contribution in [0.5, 0.6) is 0 Å². The van der Waals surface area contributed by atoms with E-state index in [2.05, 4.69) is 12.8 Å². The van der Waals surface area contributed by atoms with Crippen molar-refractivity contribution in [2.75, 3.05) is 0 Å². The first-order valence-electron chi connectivity index (χ1n) is 6.66. The minimum Gasteiger partial charge on any atom is -0.460 e. The monoisotopic (exact) mass is 274 g/mol. The van der Waals surface area contributed by atoms with Crippen molar-refractivity contribution in [3.8, 4) is 12.8 Å². The van der Waals surface area contributed by atoms with E-state index in [4.69, 9.17) is 4.74 Å². The summed E-state index contributed by atoms with van der Waals surface area (Å²) in [5.74, 6) is -0.144. The van der Waals surface area contributed by atoms with Gasteiger partial charge in [0, 0.05) is 6.42 Å². The van der Waals surface area contributed by atoms with E-state index in [9.17, 15) is 9.59 Å². The van der Waals surface area contributed by atoms with Crippen molar-refractivity contribution in [1.82, 2.24) is 0 Å². The van der Waals surface area contributed by atoms with Crippen LogP contribution in [0, 0.1) is 18.8 Å². The average molecular weight is 274 g/mol. The van der Waals surface area contributed by atoms with Crippen LogP contribution in [-0.4, -0.2) is 11.8 Å². The first-order chi connectivity index (χ1) is 9.61. The van der Waals surface area contributed by atoms with E-state index >= 15 is 0 Å². The van der Waals surface area contributed by atoms with Crippen molar-refractivity contribution in [2.45, 2.75) is 39.7 Å². The number of Topliss-reactive ketones (excluding diaryl/α,β-unsaturated/α-hetero) is 1. The number of esters is 1. The summed E-state index contributed by atoms with van der Waals surface area (Å²) < 4.78 is 5.05. The van der Waals surface area contributed by atoms with Gasteiger partial charge >= 0.3 is 5.97 Å². The second-order valence-electron chi connectivity index (χ2n) is 4.58. The zero-order valence-electron chi connectivity index (χ0n) is 12.2. The maximum Gasteiger partial charge on any atom is 0.313 e. The molecule has 0 heterocycles. The number of benzene rings is 1. The van der Waals surface area contributed by atoms with E-state index in [1.165, 1.54) is 0 Å². The van der Waals surface area contributed by atoms with Crippen molar-refractivity contribution < 1.29 is 14.3 Å². The number of ketones is 1. The van der Waals surface area contributed by atoms with Gasteiger partial charge in [0.15, 0.2) is 0 Å². The average Bonchev–Trinajstić information content (AvgIpc) is 2.48. The standard InChI is InChI=1S/C15H20O3.C2H2/c1-3-12(2)9-14(16)10-15(17)18-11-13-7-5-4-6-8-13;1-2/h4-8,12H,3,9-11H2,1-2H3;1-2H. The molecule has 1 aromatic carbocycles. The Morgan fingerprint density at radius 3 is 2.35 bits per heavy atom. The minimum absolute atomic E-state index is 0.0394. The molecule has 3 nitrogen and oxygen atoms in total. The summed E-state index contributed by atoms with van der Waals surface area (Å²) in [5.41, 5.74) is 0.931. The molecule has 0 bridgehead atoms. The Morgan fingerprint density at radius 1 is 1.20 bits per heavy atom. The summed E-state index contributed by atoms with van der Waals surface area (Å²) in [5, 5.41) is 0. The number of terminal acetylenes is 1. The van der Waals surface area contributed by atoms with E-state index in [-0.39, 0.29) is 18.8 Å². The molecule has 0 saturated carbocycles. The molecule has 0 amide bonds. The Morgan fingerprint density at radius 2 is 1.80 bits per heavy atom. The summed E-state index contributed by atoms with van der Waals surface area (Å²) in [7, 11) is 0. The third-order valence-corrected chi connectivity index (χ3v) is 2.86. The van der Waals surface area contributed by atoms with Gasteiger partial charge in [-0.25, -0.2) is 0 Å². The van der Waals surface area contributed by atoms with Gasteiger partial charge in [-0.05, 0) is 11.5 Å². The van der Waals surface area contributed by atoms with Crippen LogP contribution < -0.4 is 0 Å². The summed E-state index contributed by atoms with van der Waals surface area (Å²) in [4.78, 5) is 23.0. The van der Waals surface area contributed by atoms with Crippen molar-refractivity contribution in [3.05, 3.63) is 35.9 Å². The molecule has 0 aliphatic heterocycles. The van der Waals surface area contributed by atoms with Crippen LogP contribution in [0.25, 0.3) is 0 Å². The number of hydrogen-bond acceptors (Lipinski definition) is 3. The van der Waals surface area contributed by atoms with Crippen LogP contribution in [-0.2, 0) is 20.9 Å². The molecule has 1 rings (SSSR count). The Labute approximate surface area is 121 Å². The second kappa shape index (κ2) is 10.8. The molecule has 1 unspecified atom stereocenters. The Balaban J connectivity index is 0.00000172. The maximum atomic E-state index is 11.5. The summed E-state index contributed by atoms with van der Waals surface area (Å²) in [6, 6.07) is 9.44. The highest BCUT2D eigenvalue weighted by molar-refractivity contribution is 5.95. The number of carbonyl (C=O) groups excluding carboxylic acids is 2. The highest BCUT2D eigenvalue weighted by atomic mass is 16.5. The van der Waals surface area contributed by atoms with Gasteiger partial charge in [0.05, 0.1) is 0 Å². The topological polar surface area (TPSA) is 43.4 Å². The van der Waals surface area contributed by atoms with Crippen LogP contribution in [0.1, 0.15) is 38.7 Å². The Bertz CT molecular complexity index is 420. The molecule has 1 atom stereocenters. The molecular weight excluding hydrogens is 252 g/mol. The number of ether oxygens (including phenoxy) is 1. The highest BCUT2D eigenvalue weighted by Gasteiger charge is 2.13. The van der Waals surface area contributed by atoms with Crippen molar-refractivity contribution in [3.63, 3.8) is 0 Å². The molecule has 0 fully saturated rings. The van der Waals surface area contributed by atoms with Gasteiger partial charge in [0.25, 0.3) is 0 Å². The van der Waals surface area contributed by atoms with Crippen LogP contribution in [0.15, 0.2) is 30.3 Å². The van der Waals surface area contributed by atoms with E-state index in [1.807, 2.05) is 44.2 Å². The molecule has 0 spiro atoms. The van der Waals surface area contributed by atoms with Crippen molar-refractivity contribution >= 4 is 11.8 Å². The predicted molar refractivity (Wildman–Crippen MR) is 79.8 cm³/mol. The highest BCUT2D eigenvalue weighted by Crippen LogP contribution is 2.09. The van der Waals surface area contributed by atoms with Crippen LogP contribution >= 0.6 is 0 Å². The van der Waals surface area contributed by atoms with Gasteiger partial charge in [0.2, 0.25) is 0 Å².